The van der Waals surface area contributed by atoms with Gasteiger partial charge in [-0.15, -0.1) is 0 Å². The largest absolute Gasteiger partial charge is 0.412 e. The van der Waals surface area contributed by atoms with Crippen molar-refractivity contribution in [1.82, 2.24) is 6.15 Å². The molecule has 0 aromatic carbocycles. The van der Waals surface area contributed by atoms with Gasteiger partial charge in [0.25, 0.3) is 0 Å². The molecule has 0 saturated heterocycles. The molecule has 5 N–H and O–H groups in total. The van der Waals surface area contributed by atoms with Crippen LogP contribution in [0.15, 0.2) is 0 Å². The van der Waals surface area contributed by atoms with Crippen LogP contribution < -0.4 is 6.15 Å². The molecular formula is C12H35NO. The quantitative estimate of drug-likeness (QED) is 0.715. The Balaban J connectivity index is -0.0000000278. The van der Waals surface area contributed by atoms with Gasteiger partial charge in [-0.05, 0) is 0 Å². The molecule has 0 spiro atoms. The molecule has 0 aromatic heterocycles. The molecule has 0 rings (SSSR count). The van der Waals surface area contributed by atoms with Crippen LogP contribution in [0.1, 0.15) is 80.1 Å². The lowest BCUT2D eigenvalue weighted by molar-refractivity contribution is 0.772. The summed E-state index contributed by atoms with van der Waals surface area (Å²) in [5, 5.41) is 0. The Labute approximate surface area is 92.4 Å². The SMILES string of the molecule is CCC.CCCC.CCCCC.N.O. The zero-order valence-electron chi connectivity index (χ0n) is 11.4. The van der Waals surface area contributed by atoms with Crippen molar-refractivity contribution in [3.05, 3.63) is 0 Å². The highest BCUT2D eigenvalue weighted by molar-refractivity contribution is 4.24. The lowest BCUT2D eigenvalue weighted by atomic mass is 10.3. The van der Waals surface area contributed by atoms with E-state index in [0.717, 1.165) is 0 Å². The molecule has 0 bridgehead atoms. The van der Waals surface area contributed by atoms with E-state index in [2.05, 4.69) is 41.5 Å². The van der Waals surface area contributed by atoms with Gasteiger partial charge in [-0.25, -0.2) is 0 Å². The van der Waals surface area contributed by atoms with E-state index in [-0.39, 0.29) is 11.6 Å². The van der Waals surface area contributed by atoms with Gasteiger partial charge in [-0.1, -0.05) is 80.1 Å². The summed E-state index contributed by atoms with van der Waals surface area (Å²) in [5.74, 6) is 0. The molecule has 94 valence electrons. The Hall–Kier alpha value is -0.0800. The second kappa shape index (κ2) is 52.4. The standard InChI is InChI=1S/C5H12.C4H10.C3H8.H3N.H2O/c1-3-5-4-2;1-3-4-2;1-3-2;;/h3-5H2,1-2H3;3-4H2,1-2H3;3H2,1-2H3;1H3;1H2. The summed E-state index contributed by atoms with van der Waals surface area (Å²) in [6.45, 7) is 13.0. The molecule has 14 heavy (non-hydrogen) atoms. The van der Waals surface area contributed by atoms with Crippen LogP contribution in [0.4, 0.5) is 0 Å². The van der Waals surface area contributed by atoms with E-state index in [0.29, 0.717) is 0 Å². The number of rotatable bonds is 3. The van der Waals surface area contributed by atoms with Gasteiger partial charge < -0.3 is 11.6 Å². The van der Waals surface area contributed by atoms with Crippen molar-refractivity contribution in [3.63, 3.8) is 0 Å². The van der Waals surface area contributed by atoms with Gasteiger partial charge in [0.15, 0.2) is 0 Å². The zero-order chi connectivity index (χ0) is 10.2. The van der Waals surface area contributed by atoms with Gasteiger partial charge in [0.1, 0.15) is 0 Å². The smallest absolute Gasteiger partial charge is 0.0538 e. The van der Waals surface area contributed by atoms with E-state index in [4.69, 9.17) is 0 Å². The summed E-state index contributed by atoms with van der Waals surface area (Å²) < 4.78 is 0. The van der Waals surface area contributed by atoms with Crippen molar-refractivity contribution < 1.29 is 5.48 Å². The van der Waals surface area contributed by atoms with Gasteiger partial charge in [0.05, 0.1) is 0 Å². The molecule has 0 aliphatic rings. The van der Waals surface area contributed by atoms with Crippen LogP contribution in [-0.4, -0.2) is 5.48 Å². The molecule has 0 unspecified atom stereocenters. The van der Waals surface area contributed by atoms with E-state index < -0.39 is 0 Å². The maximum absolute atomic E-state index is 2.21. The molecule has 0 aliphatic carbocycles. The lowest BCUT2D eigenvalue weighted by Gasteiger charge is -1.79. The number of hydrogen-bond acceptors (Lipinski definition) is 1. The maximum atomic E-state index is 2.21. The molecule has 0 radical (unpaired) electrons. The second-order valence-electron chi connectivity index (χ2n) is 3.06. The van der Waals surface area contributed by atoms with Crippen molar-refractivity contribution in [2.75, 3.05) is 0 Å². The van der Waals surface area contributed by atoms with Gasteiger partial charge in [0, 0.05) is 0 Å². The van der Waals surface area contributed by atoms with Crippen molar-refractivity contribution in [1.29, 1.82) is 0 Å². The lowest BCUT2D eigenvalue weighted by Crippen LogP contribution is -1.59. The summed E-state index contributed by atoms with van der Waals surface area (Å²) in [6, 6.07) is 0. The molecule has 0 saturated carbocycles. The molecule has 0 amide bonds. The minimum Gasteiger partial charge on any atom is -0.412 e. The minimum atomic E-state index is 0. The normalized spacial score (nSPS) is 6.43. The highest BCUT2D eigenvalue weighted by atomic mass is 16.0. The Kier molecular flexibility index (Phi) is 109. The van der Waals surface area contributed by atoms with Crippen LogP contribution in [0.3, 0.4) is 0 Å². The molecule has 0 fully saturated rings. The average molecular weight is 209 g/mol. The summed E-state index contributed by atoms with van der Waals surface area (Å²) in [5.41, 5.74) is 0. The first kappa shape index (κ1) is 29.2. The summed E-state index contributed by atoms with van der Waals surface area (Å²) in [6.07, 6.45) is 7.97. The van der Waals surface area contributed by atoms with Crippen LogP contribution >= 0.6 is 0 Å². The van der Waals surface area contributed by atoms with E-state index in [1.54, 1.807) is 0 Å². The fourth-order valence-corrected chi connectivity index (χ4v) is 0.354. The first-order chi connectivity index (χ1) is 5.74. The van der Waals surface area contributed by atoms with Crippen LogP contribution in [0.2, 0.25) is 0 Å². The first-order valence-corrected chi connectivity index (χ1v) is 5.74. The van der Waals surface area contributed by atoms with Crippen LogP contribution in [-0.2, 0) is 0 Å². The molecule has 2 nitrogen and oxygen atoms in total. The Bertz CT molecular complexity index is 37.3. The number of hydrogen-bond donors (Lipinski definition) is 1. The molecule has 0 aliphatic heterocycles. The van der Waals surface area contributed by atoms with Crippen molar-refractivity contribution in [3.8, 4) is 0 Å². The predicted octanol–water partition coefficient (Wildman–Crippen LogP) is 4.76. The Morgan fingerprint density at radius 1 is 0.571 bits per heavy atom. The predicted molar refractivity (Wildman–Crippen MR) is 70.4 cm³/mol. The summed E-state index contributed by atoms with van der Waals surface area (Å²) >= 11 is 0. The Morgan fingerprint density at radius 3 is 0.786 bits per heavy atom. The molecule has 0 heterocycles. The molecule has 0 atom stereocenters. The van der Waals surface area contributed by atoms with Crippen LogP contribution in [0.25, 0.3) is 0 Å². The summed E-state index contributed by atoms with van der Waals surface area (Å²) in [4.78, 5) is 0. The highest BCUT2D eigenvalue weighted by Crippen LogP contribution is 1.88. The van der Waals surface area contributed by atoms with E-state index in [9.17, 15) is 0 Å². The van der Waals surface area contributed by atoms with Crippen molar-refractivity contribution in [2.45, 2.75) is 80.1 Å². The Morgan fingerprint density at radius 2 is 0.786 bits per heavy atom. The van der Waals surface area contributed by atoms with Gasteiger partial charge in [-0.3, -0.25) is 0 Å². The molecule has 0 aromatic rings. The monoisotopic (exact) mass is 209 g/mol. The number of unbranched alkanes of at least 4 members (excludes halogenated alkanes) is 3. The third kappa shape index (κ3) is 167. The van der Waals surface area contributed by atoms with Gasteiger partial charge >= 0.3 is 0 Å². The van der Waals surface area contributed by atoms with Crippen LogP contribution in [0.5, 0.6) is 0 Å². The fourth-order valence-electron chi connectivity index (χ4n) is 0.354. The first-order valence-electron chi connectivity index (χ1n) is 5.74. The van der Waals surface area contributed by atoms with Gasteiger partial charge in [0.2, 0.25) is 0 Å². The highest BCUT2D eigenvalue weighted by Gasteiger charge is 1.68. The third-order valence-corrected chi connectivity index (χ3v) is 1.21. The third-order valence-electron chi connectivity index (χ3n) is 1.21. The minimum absolute atomic E-state index is 0. The molecular weight excluding hydrogens is 174 g/mol. The van der Waals surface area contributed by atoms with E-state index >= 15 is 0 Å². The molecule has 2 heteroatoms. The van der Waals surface area contributed by atoms with Crippen molar-refractivity contribution >= 4 is 0 Å². The second-order valence-corrected chi connectivity index (χ2v) is 3.06. The van der Waals surface area contributed by atoms with Crippen LogP contribution in [0, 0.1) is 0 Å². The van der Waals surface area contributed by atoms with Gasteiger partial charge in [-0.2, -0.15) is 0 Å². The maximum Gasteiger partial charge on any atom is -0.0538 e. The van der Waals surface area contributed by atoms with Crippen molar-refractivity contribution in [2.24, 2.45) is 0 Å². The topological polar surface area (TPSA) is 66.5 Å². The zero-order valence-corrected chi connectivity index (χ0v) is 11.4. The van der Waals surface area contributed by atoms with E-state index in [1.807, 2.05) is 0 Å². The fraction of sp³-hybridized carbons (Fsp3) is 1.00. The van der Waals surface area contributed by atoms with E-state index in [1.165, 1.54) is 38.5 Å². The summed E-state index contributed by atoms with van der Waals surface area (Å²) in [7, 11) is 0. The average Bonchev–Trinajstić information content (AvgIpc) is 2.08.